The van der Waals surface area contributed by atoms with E-state index in [-0.39, 0.29) is 16.3 Å². The summed E-state index contributed by atoms with van der Waals surface area (Å²) in [5, 5.41) is 21.3. The number of nitrogens with two attached hydrogens (primary N) is 4. The highest BCUT2D eigenvalue weighted by Crippen LogP contribution is 2.44. The normalized spacial score (nSPS) is 12.6. The van der Waals surface area contributed by atoms with Crippen molar-refractivity contribution < 1.29 is 81.2 Å². The number of nitro groups is 2. The Labute approximate surface area is 726 Å². The van der Waals surface area contributed by atoms with E-state index in [1.54, 1.807) is 77.1 Å². The first-order valence-corrected chi connectivity index (χ1v) is 40.2. The molecule has 648 valence electrons. The molecule has 8 aromatic carbocycles. The summed E-state index contributed by atoms with van der Waals surface area (Å²) in [7, 11) is 6.69. The van der Waals surface area contributed by atoms with Crippen molar-refractivity contribution in [3.63, 3.8) is 0 Å². The topological polar surface area (TPSA) is 368 Å². The molecular formula is C91H119Br3N6O19. The predicted molar refractivity (Wildman–Crippen MR) is 479 cm³/mol. The van der Waals surface area contributed by atoms with Crippen LogP contribution in [0.15, 0.2) is 147 Å². The molecule has 5 atom stereocenters. The number of benzene rings is 8. The number of hydrogen-bond acceptors (Lipinski definition) is 23. The lowest BCUT2D eigenvalue weighted by Gasteiger charge is -2.29. The highest BCUT2D eigenvalue weighted by molar-refractivity contribution is 9.11. The van der Waals surface area contributed by atoms with Gasteiger partial charge in [0.05, 0.1) is 73.4 Å². The van der Waals surface area contributed by atoms with Crippen molar-refractivity contribution >= 4 is 112 Å². The van der Waals surface area contributed by atoms with Crippen molar-refractivity contribution in [3.05, 3.63) is 239 Å². The van der Waals surface area contributed by atoms with E-state index in [4.69, 9.17) is 70.3 Å². The quantitative estimate of drug-likeness (QED) is 0.0192. The molecule has 0 aliphatic carbocycles. The Morgan fingerprint density at radius 1 is 0.328 bits per heavy atom. The number of aryl methyl sites for hydroxylation is 2. The summed E-state index contributed by atoms with van der Waals surface area (Å²) < 4.78 is 56.2. The molecule has 0 aromatic heterocycles. The van der Waals surface area contributed by atoms with Crippen LogP contribution in [-0.2, 0) is 71.3 Å². The van der Waals surface area contributed by atoms with Crippen LogP contribution in [0.25, 0.3) is 22.3 Å². The number of esters is 5. The van der Waals surface area contributed by atoms with Crippen molar-refractivity contribution in [3.8, 4) is 22.3 Å². The first-order chi connectivity index (χ1) is 54.9. The van der Waals surface area contributed by atoms with Gasteiger partial charge in [-0.15, -0.1) is 0 Å². The number of carbonyl (C=O) groups is 5. The van der Waals surface area contributed by atoms with Gasteiger partial charge in [-0.2, -0.15) is 0 Å². The maximum absolute atomic E-state index is 12.6. The van der Waals surface area contributed by atoms with Gasteiger partial charge in [0.2, 0.25) is 0 Å². The molecular weight excluding hydrogens is 1720 g/mol. The van der Waals surface area contributed by atoms with Crippen molar-refractivity contribution in [2.45, 2.75) is 218 Å². The molecule has 0 spiro atoms. The Bertz CT molecular complexity index is 4830. The van der Waals surface area contributed by atoms with E-state index in [9.17, 15) is 44.2 Å². The minimum absolute atomic E-state index is 0.0473. The summed E-state index contributed by atoms with van der Waals surface area (Å²) in [6.45, 7) is 43.1. The lowest BCUT2D eigenvalue weighted by Crippen LogP contribution is -2.29. The van der Waals surface area contributed by atoms with Gasteiger partial charge in [0.1, 0.15) is 0 Å². The third kappa shape index (κ3) is 31.5. The Morgan fingerprint density at radius 2 is 0.630 bits per heavy atom. The summed E-state index contributed by atoms with van der Waals surface area (Å²) in [5.41, 5.74) is 38.0. The Morgan fingerprint density at radius 3 is 1.00 bits per heavy atom. The fourth-order valence-electron chi connectivity index (χ4n) is 11.5. The van der Waals surface area contributed by atoms with E-state index in [1.807, 2.05) is 197 Å². The fourth-order valence-corrected chi connectivity index (χ4v) is 13.1. The molecule has 119 heavy (non-hydrogen) atoms. The minimum Gasteiger partial charge on any atom is -0.467 e. The van der Waals surface area contributed by atoms with Gasteiger partial charge in [0.15, 0.2) is 30.5 Å². The molecule has 8 rings (SSSR count). The van der Waals surface area contributed by atoms with E-state index >= 15 is 0 Å². The van der Waals surface area contributed by atoms with Crippen LogP contribution < -0.4 is 22.9 Å². The van der Waals surface area contributed by atoms with Gasteiger partial charge in [0.25, 0.3) is 11.4 Å². The minimum atomic E-state index is -0.986. The Hall–Kier alpha value is -9.65. The van der Waals surface area contributed by atoms with Gasteiger partial charge in [-0.3, -0.25) is 20.2 Å². The largest absolute Gasteiger partial charge is 0.467 e. The number of nitrogens with zero attached hydrogens (tertiary/aromatic N) is 2. The second-order valence-electron chi connectivity index (χ2n) is 32.6. The zero-order valence-corrected chi connectivity index (χ0v) is 78.4. The molecule has 25 nitrogen and oxygen atoms in total. The number of nitro benzene ring substituents is 2. The summed E-state index contributed by atoms with van der Waals surface area (Å²) in [6.07, 6.45) is -4.25. The van der Waals surface area contributed by atoms with Crippen LogP contribution in [-0.4, -0.2) is 103 Å². The molecule has 0 fully saturated rings. The van der Waals surface area contributed by atoms with Gasteiger partial charge in [-0.05, 0) is 262 Å². The third-order valence-corrected chi connectivity index (χ3v) is 19.8. The monoisotopic (exact) mass is 1840 g/mol. The van der Waals surface area contributed by atoms with Crippen molar-refractivity contribution in [1.29, 1.82) is 0 Å². The maximum atomic E-state index is 12.6. The number of hydrogen-bond donors (Lipinski definition) is 4. The van der Waals surface area contributed by atoms with Gasteiger partial charge >= 0.3 is 29.8 Å². The Kier molecular flexibility index (Phi) is 39.3. The van der Waals surface area contributed by atoms with Crippen LogP contribution >= 0.6 is 47.8 Å². The summed E-state index contributed by atoms with van der Waals surface area (Å²) in [4.78, 5) is 81.3. The average molecular weight is 1840 g/mol. The second kappa shape index (κ2) is 45.1. The molecule has 0 aliphatic heterocycles. The van der Waals surface area contributed by atoms with E-state index in [2.05, 4.69) is 47.8 Å². The molecule has 0 saturated carbocycles. The molecule has 0 aliphatic rings. The predicted octanol–water partition coefficient (Wildman–Crippen LogP) is 21.5. The van der Waals surface area contributed by atoms with E-state index in [1.165, 1.54) is 59.3 Å². The number of rotatable bonds is 19. The summed E-state index contributed by atoms with van der Waals surface area (Å²) >= 11 is 10.2. The smallest absolute Gasteiger partial charge is 0.339 e. The Balaban J connectivity index is 0.000000375. The zero-order chi connectivity index (χ0) is 91.1. The van der Waals surface area contributed by atoms with Crippen LogP contribution in [0.2, 0.25) is 0 Å². The standard InChI is InChI=1S/C21H26BrNO3.C21H27NO3.C14H20BrNO3.C14H19NO5.C14H21NO3.C7H6BrNO2/c1-12-7-9-14(10-8-12)15-11-16(22)18(23)13(2)17(15)19(20(24)25-6)26-21(3,4)5;1-13-7-9-15(10-8-13)16-11-12-17(22)14(2)18(16)19(20(23)24-6)25-21(3,4)5;1-8-10(16)7-6-9(15)11(8)12(13(17)18-5)19-14(2,3)4;1-9-10(7-6-8-11(9)15(17)18)12(13(16)19-5)20-14(2,3)4;1-9-10(7-6-8-11(9)15)12(13(16)17-5)18-14(2,3)4;1-5-6(8)3-2-4-7(5)9(10)11/h7-11,19H,23H2,1-6H3;7-12,19H,22H2,1-6H3;6-7,12H,16H2,1-5H3;6-8,12H,1-5H3;6-8,12H,15H2,1-5H3;2-4H,1H3. The molecule has 0 bridgehead atoms. The SMILES string of the molecule is COC(=O)C(OC(C)(C)C)c1c(-c2ccc(C)cc2)cc(Br)c(N)c1C.COC(=O)C(OC(C)(C)C)c1c(-c2ccc(C)cc2)ccc(N)c1C.COC(=O)C(OC(C)(C)C)c1c(Br)ccc(N)c1C.COC(=O)C(OC(C)(C)C)c1cccc(N)c1C.COC(=O)C(OC(C)(C)C)c1cccc([N+](=O)[O-])c1C.Cc1c(Br)cccc1[N+](=O)[O-]. The molecule has 0 radical (unpaired) electrons. The van der Waals surface area contributed by atoms with Crippen molar-refractivity contribution in [2.24, 2.45) is 0 Å². The van der Waals surface area contributed by atoms with E-state index in [0.717, 1.165) is 80.2 Å². The zero-order valence-electron chi connectivity index (χ0n) is 73.7. The van der Waals surface area contributed by atoms with E-state index < -0.39 is 93.3 Å². The summed E-state index contributed by atoms with van der Waals surface area (Å²) in [6, 6.07) is 40.5. The summed E-state index contributed by atoms with van der Waals surface area (Å²) in [5.74, 6) is -2.32. The van der Waals surface area contributed by atoms with Crippen molar-refractivity contribution in [2.75, 3.05) is 58.5 Å². The highest BCUT2D eigenvalue weighted by Gasteiger charge is 2.37. The molecule has 28 heteroatoms. The second-order valence-corrected chi connectivity index (χ2v) is 35.2. The van der Waals surface area contributed by atoms with Gasteiger partial charge in [0, 0.05) is 81.7 Å². The number of halogens is 3. The molecule has 5 unspecified atom stereocenters. The van der Waals surface area contributed by atoms with Gasteiger partial charge in [-0.25, -0.2) is 24.0 Å². The van der Waals surface area contributed by atoms with Crippen LogP contribution in [0.4, 0.5) is 34.1 Å². The lowest BCUT2D eigenvalue weighted by atomic mass is 9.90. The van der Waals surface area contributed by atoms with Crippen LogP contribution in [0, 0.1) is 75.6 Å². The van der Waals surface area contributed by atoms with Gasteiger partial charge in [-0.1, -0.05) is 128 Å². The highest BCUT2D eigenvalue weighted by atomic mass is 79.9. The number of carbonyl (C=O) groups excluding carboxylic acids is 5. The first-order valence-electron chi connectivity index (χ1n) is 37.8. The number of methoxy groups -OCH3 is 5. The molecule has 0 amide bonds. The number of ether oxygens (including phenoxy) is 10. The molecule has 0 saturated heterocycles. The lowest BCUT2D eigenvalue weighted by molar-refractivity contribution is -0.385. The molecule has 0 heterocycles. The van der Waals surface area contributed by atoms with Crippen LogP contribution in [0.3, 0.4) is 0 Å². The van der Waals surface area contributed by atoms with Gasteiger partial charge < -0.3 is 70.3 Å². The van der Waals surface area contributed by atoms with Crippen LogP contribution in [0.5, 0.6) is 0 Å². The first kappa shape index (κ1) is 104. The van der Waals surface area contributed by atoms with E-state index in [0.29, 0.717) is 45.0 Å². The number of anilines is 4. The average Bonchev–Trinajstić information content (AvgIpc) is 0.778. The maximum Gasteiger partial charge on any atom is 0.339 e. The number of nitrogen functional groups attached to an aromatic ring is 4. The van der Waals surface area contributed by atoms with Crippen molar-refractivity contribution in [1.82, 2.24) is 0 Å². The van der Waals surface area contributed by atoms with Crippen LogP contribution in [0.1, 0.15) is 207 Å². The molecule has 8 N–H and O–H groups in total. The fraction of sp³-hybridized carbons (Fsp3) is 0.418. The third-order valence-electron chi connectivity index (χ3n) is 17.6. The molecule has 8 aromatic rings.